The van der Waals surface area contributed by atoms with Crippen LogP contribution in [0, 0.1) is 5.82 Å². The molecular weight excluding hydrogens is 235 g/mol. The van der Waals surface area contributed by atoms with Crippen LogP contribution < -0.4 is 11.1 Å². The van der Waals surface area contributed by atoms with E-state index in [1.54, 1.807) is 12.1 Å². The van der Waals surface area contributed by atoms with Gasteiger partial charge in [0.15, 0.2) is 0 Å². The van der Waals surface area contributed by atoms with Gasteiger partial charge in [0, 0.05) is 11.4 Å². The van der Waals surface area contributed by atoms with Crippen LogP contribution in [0.25, 0.3) is 0 Å². The molecular formula is C13H11FN2O2. The van der Waals surface area contributed by atoms with E-state index in [1.165, 1.54) is 18.2 Å². The van der Waals surface area contributed by atoms with Crippen molar-refractivity contribution in [1.82, 2.24) is 0 Å². The predicted octanol–water partition coefficient (Wildman–Crippen LogP) is 2.37. The van der Waals surface area contributed by atoms with Crippen LogP contribution in [-0.2, 0) is 0 Å². The summed E-state index contributed by atoms with van der Waals surface area (Å²) in [4.78, 5) is 11.8. The lowest BCUT2D eigenvalue weighted by Gasteiger charge is -2.07. The van der Waals surface area contributed by atoms with Crippen LogP contribution >= 0.6 is 0 Å². The summed E-state index contributed by atoms with van der Waals surface area (Å²) in [5, 5.41) is 12.0. The molecule has 2 rings (SSSR count). The quantitative estimate of drug-likeness (QED) is 0.712. The predicted molar refractivity (Wildman–Crippen MR) is 66.9 cm³/mol. The Balaban J connectivity index is 2.24. The van der Waals surface area contributed by atoms with Gasteiger partial charge in [-0.25, -0.2) is 4.39 Å². The van der Waals surface area contributed by atoms with Crippen molar-refractivity contribution in [3.05, 3.63) is 53.8 Å². The molecule has 0 radical (unpaired) electrons. The van der Waals surface area contributed by atoms with E-state index in [1.807, 2.05) is 0 Å². The molecule has 0 bridgehead atoms. The number of nitrogen functional groups attached to an aromatic ring is 1. The number of aromatic hydroxyl groups is 1. The fourth-order valence-corrected chi connectivity index (χ4v) is 1.55. The van der Waals surface area contributed by atoms with Crippen LogP contribution in [0.3, 0.4) is 0 Å². The number of hydrogen-bond acceptors (Lipinski definition) is 3. The van der Waals surface area contributed by atoms with Crippen LogP contribution in [0.4, 0.5) is 15.8 Å². The summed E-state index contributed by atoms with van der Waals surface area (Å²) < 4.78 is 13.1. The van der Waals surface area contributed by atoms with E-state index in [2.05, 4.69) is 5.32 Å². The number of benzene rings is 2. The number of nitrogens with two attached hydrogens (primary N) is 1. The van der Waals surface area contributed by atoms with Gasteiger partial charge in [0.05, 0.1) is 5.56 Å². The Morgan fingerprint density at radius 3 is 2.61 bits per heavy atom. The number of phenolic OH excluding ortho intramolecular Hbond substituents is 1. The highest BCUT2D eigenvalue weighted by molar-refractivity contribution is 6.06. The molecule has 0 aromatic heterocycles. The maximum Gasteiger partial charge on any atom is 0.259 e. The van der Waals surface area contributed by atoms with Gasteiger partial charge in [-0.15, -0.1) is 0 Å². The number of carbonyl (C=O) groups is 1. The van der Waals surface area contributed by atoms with Crippen molar-refractivity contribution >= 4 is 17.3 Å². The molecule has 0 heterocycles. The summed E-state index contributed by atoms with van der Waals surface area (Å²) in [7, 11) is 0. The number of nitrogens with one attached hydrogen (secondary N) is 1. The lowest BCUT2D eigenvalue weighted by atomic mass is 10.2. The van der Waals surface area contributed by atoms with Gasteiger partial charge in [0.1, 0.15) is 11.6 Å². The van der Waals surface area contributed by atoms with E-state index in [0.717, 1.165) is 12.1 Å². The molecule has 4 nitrogen and oxygen atoms in total. The zero-order chi connectivity index (χ0) is 13.1. The van der Waals surface area contributed by atoms with Gasteiger partial charge >= 0.3 is 0 Å². The molecule has 0 aliphatic rings. The normalized spacial score (nSPS) is 10.1. The number of carbonyl (C=O) groups excluding carboxylic acids is 1. The van der Waals surface area contributed by atoms with E-state index >= 15 is 0 Å². The largest absolute Gasteiger partial charge is 0.507 e. The SMILES string of the molecule is Nc1cc(F)cc(NC(=O)c2ccccc2O)c1. The second-order valence-electron chi connectivity index (χ2n) is 3.74. The lowest BCUT2D eigenvalue weighted by Crippen LogP contribution is -2.12. The molecule has 0 fully saturated rings. The van der Waals surface area contributed by atoms with Crippen molar-refractivity contribution in [2.75, 3.05) is 11.1 Å². The summed E-state index contributed by atoms with van der Waals surface area (Å²) in [5.41, 5.74) is 6.02. The molecule has 2 aromatic carbocycles. The molecule has 4 N–H and O–H groups in total. The van der Waals surface area contributed by atoms with Gasteiger partial charge in [-0.2, -0.15) is 0 Å². The highest BCUT2D eigenvalue weighted by atomic mass is 19.1. The number of anilines is 2. The first-order chi connectivity index (χ1) is 8.56. The Hall–Kier alpha value is -2.56. The van der Waals surface area contributed by atoms with E-state index in [9.17, 15) is 14.3 Å². The van der Waals surface area contributed by atoms with E-state index in [-0.39, 0.29) is 22.7 Å². The molecule has 0 aliphatic heterocycles. The zero-order valence-corrected chi connectivity index (χ0v) is 9.35. The van der Waals surface area contributed by atoms with Crippen molar-refractivity contribution in [1.29, 1.82) is 0 Å². The van der Waals surface area contributed by atoms with Crippen LogP contribution in [-0.4, -0.2) is 11.0 Å². The number of phenols is 1. The van der Waals surface area contributed by atoms with Crippen molar-refractivity contribution < 1.29 is 14.3 Å². The fourth-order valence-electron chi connectivity index (χ4n) is 1.55. The molecule has 5 heteroatoms. The second-order valence-corrected chi connectivity index (χ2v) is 3.74. The van der Waals surface area contributed by atoms with Crippen LogP contribution in [0.5, 0.6) is 5.75 Å². The fraction of sp³-hybridized carbons (Fsp3) is 0. The average Bonchev–Trinajstić information content (AvgIpc) is 2.27. The number of hydrogen-bond donors (Lipinski definition) is 3. The lowest BCUT2D eigenvalue weighted by molar-refractivity contribution is 0.102. The Labute approximate surface area is 103 Å². The monoisotopic (exact) mass is 246 g/mol. The Bertz CT molecular complexity index is 579. The Kier molecular flexibility index (Phi) is 3.14. The number of halogens is 1. The molecule has 0 atom stereocenters. The maximum absolute atomic E-state index is 13.1. The maximum atomic E-state index is 13.1. The number of amides is 1. The molecule has 0 saturated heterocycles. The number of rotatable bonds is 2. The van der Waals surface area contributed by atoms with Gasteiger partial charge in [0.25, 0.3) is 5.91 Å². The first-order valence-electron chi connectivity index (χ1n) is 5.21. The standard InChI is InChI=1S/C13H11FN2O2/c14-8-5-9(15)7-10(6-8)16-13(18)11-3-1-2-4-12(11)17/h1-7,17H,15H2,(H,16,18). The minimum atomic E-state index is -0.539. The Morgan fingerprint density at radius 2 is 1.94 bits per heavy atom. The van der Waals surface area contributed by atoms with Crippen molar-refractivity contribution in [3.63, 3.8) is 0 Å². The van der Waals surface area contributed by atoms with Crippen molar-refractivity contribution in [2.45, 2.75) is 0 Å². The summed E-state index contributed by atoms with van der Waals surface area (Å²) in [6.45, 7) is 0. The summed E-state index contributed by atoms with van der Waals surface area (Å²) >= 11 is 0. The molecule has 18 heavy (non-hydrogen) atoms. The van der Waals surface area contributed by atoms with Crippen LogP contribution in [0.1, 0.15) is 10.4 Å². The third-order valence-electron chi connectivity index (χ3n) is 2.33. The smallest absolute Gasteiger partial charge is 0.259 e. The summed E-state index contributed by atoms with van der Waals surface area (Å²) in [5.74, 6) is -1.21. The third-order valence-corrected chi connectivity index (χ3v) is 2.33. The molecule has 1 amide bonds. The molecule has 2 aromatic rings. The van der Waals surface area contributed by atoms with E-state index in [0.29, 0.717) is 0 Å². The van der Waals surface area contributed by atoms with Gasteiger partial charge in [-0.1, -0.05) is 12.1 Å². The first-order valence-corrected chi connectivity index (χ1v) is 5.21. The molecule has 0 spiro atoms. The Morgan fingerprint density at radius 1 is 1.22 bits per heavy atom. The minimum absolute atomic E-state index is 0.111. The molecule has 0 saturated carbocycles. The van der Waals surface area contributed by atoms with Gasteiger partial charge in [-0.05, 0) is 30.3 Å². The third kappa shape index (κ3) is 2.57. The summed E-state index contributed by atoms with van der Waals surface area (Å²) in [6, 6.07) is 9.81. The molecule has 0 aliphatic carbocycles. The minimum Gasteiger partial charge on any atom is -0.507 e. The van der Waals surface area contributed by atoms with Crippen LogP contribution in [0.15, 0.2) is 42.5 Å². The van der Waals surface area contributed by atoms with Crippen LogP contribution in [0.2, 0.25) is 0 Å². The zero-order valence-electron chi connectivity index (χ0n) is 9.35. The topological polar surface area (TPSA) is 75.3 Å². The van der Waals surface area contributed by atoms with Gasteiger partial charge in [0.2, 0.25) is 0 Å². The van der Waals surface area contributed by atoms with E-state index in [4.69, 9.17) is 5.73 Å². The van der Waals surface area contributed by atoms with Crippen molar-refractivity contribution in [2.24, 2.45) is 0 Å². The molecule has 0 unspecified atom stereocenters. The summed E-state index contributed by atoms with van der Waals surface area (Å²) in [6.07, 6.45) is 0. The highest BCUT2D eigenvalue weighted by Crippen LogP contribution is 2.20. The van der Waals surface area contributed by atoms with E-state index < -0.39 is 11.7 Å². The van der Waals surface area contributed by atoms with Gasteiger partial charge < -0.3 is 16.2 Å². The second kappa shape index (κ2) is 4.75. The highest BCUT2D eigenvalue weighted by Gasteiger charge is 2.10. The van der Waals surface area contributed by atoms with Gasteiger partial charge in [-0.3, -0.25) is 4.79 Å². The first kappa shape index (κ1) is 11.9. The number of para-hydroxylation sites is 1. The molecule has 92 valence electrons. The van der Waals surface area contributed by atoms with Crippen molar-refractivity contribution in [3.8, 4) is 5.75 Å². The average molecular weight is 246 g/mol.